The summed E-state index contributed by atoms with van der Waals surface area (Å²) in [5, 5.41) is 9.18. The summed E-state index contributed by atoms with van der Waals surface area (Å²) < 4.78 is 18.7. The molecule has 0 saturated carbocycles. The number of carboxylic acid groups (broad SMARTS) is 1. The molecular formula is C14H15BrFNO4. The molecule has 7 heteroatoms. The molecular weight excluding hydrogens is 345 g/mol. The van der Waals surface area contributed by atoms with E-state index in [9.17, 15) is 19.1 Å². The van der Waals surface area contributed by atoms with Crippen LogP contribution in [0.2, 0.25) is 0 Å². The number of halogens is 2. The average molecular weight is 360 g/mol. The van der Waals surface area contributed by atoms with Crippen LogP contribution in [0.4, 0.5) is 4.39 Å². The highest BCUT2D eigenvalue weighted by atomic mass is 79.9. The third kappa shape index (κ3) is 3.53. The molecule has 0 spiro atoms. The number of nitrogens with zero attached hydrogens (tertiary/aromatic N) is 1. The van der Waals surface area contributed by atoms with Gasteiger partial charge in [0.1, 0.15) is 17.6 Å². The van der Waals surface area contributed by atoms with Gasteiger partial charge in [-0.15, -0.1) is 0 Å². The minimum absolute atomic E-state index is 0.0796. The van der Waals surface area contributed by atoms with Gasteiger partial charge in [-0.3, -0.25) is 4.79 Å². The molecule has 1 saturated heterocycles. The highest BCUT2D eigenvalue weighted by Crippen LogP contribution is 2.27. The lowest BCUT2D eigenvalue weighted by Crippen LogP contribution is -2.44. The van der Waals surface area contributed by atoms with E-state index in [0.717, 1.165) is 0 Å². The summed E-state index contributed by atoms with van der Waals surface area (Å²) in [5.41, 5.74) is 0. The van der Waals surface area contributed by atoms with Crippen molar-refractivity contribution in [2.24, 2.45) is 5.92 Å². The fourth-order valence-corrected chi connectivity index (χ4v) is 2.88. The van der Waals surface area contributed by atoms with Gasteiger partial charge in [0.05, 0.1) is 4.47 Å². The second-order valence-electron chi connectivity index (χ2n) is 5.00. The van der Waals surface area contributed by atoms with Gasteiger partial charge in [-0.1, -0.05) is 6.92 Å². The summed E-state index contributed by atoms with van der Waals surface area (Å²) in [7, 11) is 0. The topological polar surface area (TPSA) is 66.8 Å². The molecule has 5 nitrogen and oxygen atoms in total. The van der Waals surface area contributed by atoms with Crippen molar-refractivity contribution in [3.05, 3.63) is 28.5 Å². The van der Waals surface area contributed by atoms with Crippen LogP contribution in [0.25, 0.3) is 0 Å². The van der Waals surface area contributed by atoms with Crippen LogP contribution in [0.15, 0.2) is 22.7 Å². The van der Waals surface area contributed by atoms with Crippen molar-refractivity contribution in [2.75, 3.05) is 13.2 Å². The standard InChI is InChI=1S/C14H15BrFNO4/c1-8-4-5-17(13(8)14(19)20)12(18)7-21-11-3-2-9(16)6-10(11)15/h2-3,6,8,13H,4-5,7H2,1H3,(H,19,20). The second-order valence-corrected chi connectivity index (χ2v) is 5.85. The van der Waals surface area contributed by atoms with Gasteiger partial charge < -0.3 is 14.7 Å². The molecule has 0 radical (unpaired) electrons. The number of rotatable bonds is 4. The normalized spacial score (nSPS) is 21.4. The Bertz CT molecular complexity index is 566. The number of carbonyl (C=O) groups excluding carboxylic acids is 1. The zero-order chi connectivity index (χ0) is 15.6. The number of amides is 1. The SMILES string of the molecule is CC1CCN(C(=O)COc2ccc(F)cc2Br)C1C(=O)O. The molecule has 114 valence electrons. The Morgan fingerprint density at radius 1 is 1.52 bits per heavy atom. The van der Waals surface area contributed by atoms with E-state index in [1.807, 2.05) is 6.92 Å². The highest BCUT2D eigenvalue weighted by Gasteiger charge is 2.39. The van der Waals surface area contributed by atoms with Crippen LogP contribution in [0.3, 0.4) is 0 Å². The fraction of sp³-hybridized carbons (Fsp3) is 0.429. The van der Waals surface area contributed by atoms with Crippen molar-refractivity contribution >= 4 is 27.8 Å². The first kappa shape index (κ1) is 15.8. The predicted octanol–water partition coefficient (Wildman–Crippen LogP) is 2.29. The predicted molar refractivity (Wildman–Crippen MR) is 76.5 cm³/mol. The Hall–Kier alpha value is -1.63. The molecule has 1 heterocycles. The third-order valence-corrected chi connectivity index (χ3v) is 4.14. The molecule has 1 aliphatic rings. The average Bonchev–Trinajstić information content (AvgIpc) is 2.79. The summed E-state index contributed by atoms with van der Waals surface area (Å²) in [5.74, 6) is -1.55. The van der Waals surface area contributed by atoms with E-state index in [1.54, 1.807) is 0 Å². The third-order valence-electron chi connectivity index (χ3n) is 3.52. The Kier molecular flexibility index (Phi) is 4.82. The molecule has 0 aromatic heterocycles. The fourth-order valence-electron chi connectivity index (χ4n) is 2.42. The summed E-state index contributed by atoms with van der Waals surface area (Å²) in [6, 6.07) is 3.06. The van der Waals surface area contributed by atoms with Crippen molar-refractivity contribution in [1.29, 1.82) is 0 Å². The highest BCUT2D eigenvalue weighted by molar-refractivity contribution is 9.10. The number of hydrogen-bond donors (Lipinski definition) is 1. The number of hydrogen-bond acceptors (Lipinski definition) is 3. The van der Waals surface area contributed by atoms with Crippen molar-refractivity contribution in [1.82, 2.24) is 4.90 Å². The number of carboxylic acids is 1. The van der Waals surface area contributed by atoms with Crippen LogP contribution in [-0.4, -0.2) is 41.1 Å². The first-order chi connectivity index (χ1) is 9.90. The molecule has 0 bridgehead atoms. The van der Waals surface area contributed by atoms with Crippen molar-refractivity contribution in [3.63, 3.8) is 0 Å². The van der Waals surface area contributed by atoms with Gasteiger partial charge in [0.25, 0.3) is 5.91 Å². The number of aliphatic carboxylic acids is 1. The van der Waals surface area contributed by atoms with Gasteiger partial charge in [-0.2, -0.15) is 0 Å². The molecule has 0 aliphatic carbocycles. The minimum Gasteiger partial charge on any atom is -0.483 e. The zero-order valence-corrected chi connectivity index (χ0v) is 13.0. The molecule has 1 aliphatic heterocycles. The monoisotopic (exact) mass is 359 g/mol. The molecule has 2 rings (SSSR count). The van der Waals surface area contributed by atoms with Crippen molar-refractivity contribution in [2.45, 2.75) is 19.4 Å². The molecule has 1 fully saturated rings. The van der Waals surface area contributed by atoms with E-state index in [-0.39, 0.29) is 18.4 Å². The lowest BCUT2D eigenvalue weighted by molar-refractivity contribution is -0.150. The molecule has 2 atom stereocenters. The summed E-state index contributed by atoms with van der Waals surface area (Å²) >= 11 is 3.14. The number of benzene rings is 1. The van der Waals surface area contributed by atoms with Gasteiger partial charge in [-0.05, 0) is 46.5 Å². The number of carbonyl (C=O) groups is 2. The van der Waals surface area contributed by atoms with Gasteiger partial charge in [-0.25, -0.2) is 9.18 Å². The van der Waals surface area contributed by atoms with Crippen LogP contribution in [0.5, 0.6) is 5.75 Å². The molecule has 2 unspecified atom stereocenters. The van der Waals surface area contributed by atoms with E-state index < -0.39 is 17.8 Å². The Morgan fingerprint density at radius 2 is 2.24 bits per heavy atom. The maximum atomic E-state index is 12.9. The van der Waals surface area contributed by atoms with Crippen molar-refractivity contribution < 1.29 is 23.8 Å². The molecule has 1 amide bonds. The maximum absolute atomic E-state index is 12.9. The largest absolute Gasteiger partial charge is 0.483 e. The summed E-state index contributed by atoms with van der Waals surface area (Å²) in [6.45, 7) is 1.94. The lowest BCUT2D eigenvalue weighted by atomic mass is 10.0. The van der Waals surface area contributed by atoms with E-state index in [0.29, 0.717) is 23.2 Å². The Labute approximate surface area is 129 Å². The maximum Gasteiger partial charge on any atom is 0.326 e. The van der Waals surface area contributed by atoms with Crippen LogP contribution in [0.1, 0.15) is 13.3 Å². The molecule has 1 N–H and O–H groups in total. The van der Waals surface area contributed by atoms with Gasteiger partial charge in [0.15, 0.2) is 6.61 Å². The van der Waals surface area contributed by atoms with Gasteiger partial charge in [0.2, 0.25) is 0 Å². The minimum atomic E-state index is -1.00. The number of ether oxygens (including phenoxy) is 1. The van der Waals surface area contributed by atoms with Crippen LogP contribution >= 0.6 is 15.9 Å². The van der Waals surface area contributed by atoms with Crippen molar-refractivity contribution in [3.8, 4) is 5.75 Å². The Morgan fingerprint density at radius 3 is 2.86 bits per heavy atom. The molecule has 1 aromatic rings. The van der Waals surface area contributed by atoms with Gasteiger partial charge >= 0.3 is 5.97 Å². The van der Waals surface area contributed by atoms with Gasteiger partial charge in [0, 0.05) is 6.54 Å². The van der Waals surface area contributed by atoms with E-state index in [4.69, 9.17) is 4.74 Å². The van der Waals surface area contributed by atoms with Crippen LogP contribution < -0.4 is 4.74 Å². The quantitative estimate of drug-likeness (QED) is 0.895. The smallest absolute Gasteiger partial charge is 0.326 e. The summed E-state index contributed by atoms with van der Waals surface area (Å²) in [6.07, 6.45) is 0.656. The first-order valence-electron chi connectivity index (χ1n) is 6.50. The van der Waals surface area contributed by atoms with E-state index in [1.165, 1.54) is 23.1 Å². The van der Waals surface area contributed by atoms with Crippen LogP contribution in [-0.2, 0) is 9.59 Å². The summed E-state index contributed by atoms with van der Waals surface area (Å²) in [4.78, 5) is 24.6. The Balaban J connectivity index is 2.00. The first-order valence-corrected chi connectivity index (χ1v) is 7.29. The second kappa shape index (κ2) is 6.43. The van der Waals surface area contributed by atoms with E-state index in [2.05, 4.69) is 15.9 Å². The van der Waals surface area contributed by atoms with Crippen LogP contribution in [0, 0.1) is 11.7 Å². The lowest BCUT2D eigenvalue weighted by Gasteiger charge is -2.23. The number of likely N-dealkylation sites (tertiary alicyclic amines) is 1. The molecule has 21 heavy (non-hydrogen) atoms. The zero-order valence-electron chi connectivity index (χ0n) is 11.4. The van der Waals surface area contributed by atoms with E-state index >= 15 is 0 Å². The molecule has 1 aromatic carbocycles.